The number of carbonyl (C=O) groups is 1. The van der Waals surface area contributed by atoms with Gasteiger partial charge < -0.3 is 15.8 Å². The molecule has 5 nitrogen and oxygen atoms in total. The van der Waals surface area contributed by atoms with Crippen molar-refractivity contribution >= 4 is 35.9 Å². The summed E-state index contributed by atoms with van der Waals surface area (Å²) >= 11 is 0. The van der Waals surface area contributed by atoms with Gasteiger partial charge in [-0.25, -0.2) is 4.79 Å². The smallest absolute Gasteiger partial charge is 0.337 e. The Morgan fingerprint density at radius 1 is 1.53 bits per heavy atom. The van der Waals surface area contributed by atoms with E-state index in [-0.39, 0.29) is 29.9 Å². The van der Waals surface area contributed by atoms with E-state index in [2.05, 4.69) is 15.0 Å². The van der Waals surface area contributed by atoms with Gasteiger partial charge >= 0.3 is 5.97 Å². The predicted octanol–water partition coefficient (Wildman–Crippen LogP) is 1.13. The predicted molar refractivity (Wildman–Crippen MR) is 77.6 cm³/mol. The molecule has 1 rings (SSSR count). The Bertz CT molecular complexity index is 407. The number of methoxy groups -OCH3 is 1. The molecule has 0 bridgehead atoms. The Kier molecular flexibility index (Phi) is 7.27. The molecule has 0 aliphatic rings. The number of nitrogens with two attached hydrogens (primary N) is 1. The molecule has 1 aromatic rings. The highest BCUT2D eigenvalue weighted by Crippen LogP contribution is 2.06. The molecular weight excluding hydrogens is 333 g/mol. The van der Waals surface area contributed by atoms with Gasteiger partial charge in [-0.05, 0) is 17.7 Å². The first-order valence-corrected chi connectivity index (χ1v) is 4.80. The zero-order valence-corrected chi connectivity index (χ0v) is 12.1. The number of nitrogens with zero attached hydrogens (tertiary/aromatic N) is 1. The molecule has 0 fully saturated rings. The molecule has 0 unspecified atom stereocenters. The number of hydrogen-bond donors (Lipinski definition) is 2. The van der Waals surface area contributed by atoms with Crippen molar-refractivity contribution in [2.75, 3.05) is 14.2 Å². The van der Waals surface area contributed by atoms with Gasteiger partial charge in [0.25, 0.3) is 0 Å². The van der Waals surface area contributed by atoms with Crippen LogP contribution in [0, 0.1) is 0 Å². The molecule has 0 saturated carbocycles. The van der Waals surface area contributed by atoms with Gasteiger partial charge in [0.05, 0.1) is 12.7 Å². The number of nitrogens with one attached hydrogen (secondary N) is 1. The zero-order valence-electron chi connectivity index (χ0n) is 9.77. The van der Waals surface area contributed by atoms with Gasteiger partial charge in [-0.15, -0.1) is 24.0 Å². The number of benzene rings is 1. The SMILES string of the molecule is CN=C(N)NCc1cccc(C(=O)OC)c1.I. The fourth-order valence-corrected chi connectivity index (χ4v) is 1.20. The maximum atomic E-state index is 11.3. The van der Waals surface area contributed by atoms with Gasteiger partial charge in [-0.1, -0.05) is 12.1 Å². The maximum Gasteiger partial charge on any atom is 0.337 e. The van der Waals surface area contributed by atoms with Crippen LogP contribution in [0.5, 0.6) is 0 Å². The van der Waals surface area contributed by atoms with Crippen LogP contribution in [-0.4, -0.2) is 26.1 Å². The van der Waals surface area contributed by atoms with Gasteiger partial charge in [-0.3, -0.25) is 4.99 Å². The number of guanidine groups is 1. The summed E-state index contributed by atoms with van der Waals surface area (Å²) in [6.45, 7) is 0.522. The molecule has 0 aromatic heterocycles. The minimum Gasteiger partial charge on any atom is -0.465 e. The lowest BCUT2D eigenvalue weighted by molar-refractivity contribution is 0.0600. The molecule has 0 saturated heterocycles. The first kappa shape index (κ1) is 15.7. The summed E-state index contributed by atoms with van der Waals surface area (Å²) in [7, 11) is 2.96. The van der Waals surface area contributed by atoms with Crippen LogP contribution in [0.25, 0.3) is 0 Å². The van der Waals surface area contributed by atoms with E-state index in [0.717, 1.165) is 5.56 Å². The van der Waals surface area contributed by atoms with E-state index in [4.69, 9.17) is 5.73 Å². The molecule has 0 spiro atoms. The van der Waals surface area contributed by atoms with Crippen LogP contribution < -0.4 is 11.1 Å². The highest BCUT2D eigenvalue weighted by Gasteiger charge is 2.05. The Morgan fingerprint density at radius 2 is 2.24 bits per heavy atom. The van der Waals surface area contributed by atoms with Crippen molar-refractivity contribution in [1.82, 2.24) is 5.32 Å². The average Bonchev–Trinajstić information content (AvgIpc) is 2.35. The highest BCUT2D eigenvalue weighted by molar-refractivity contribution is 14.0. The van der Waals surface area contributed by atoms with Crippen molar-refractivity contribution in [1.29, 1.82) is 0 Å². The third-order valence-electron chi connectivity index (χ3n) is 2.06. The van der Waals surface area contributed by atoms with Crippen molar-refractivity contribution < 1.29 is 9.53 Å². The van der Waals surface area contributed by atoms with E-state index in [1.165, 1.54) is 7.11 Å². The minimum absolute atomic E-state index is 0. The van der Waals surface area contributed by atoms with Gasteiger partial charge in [0.15, 0.2) is 5.96 Å². The monoisotopic (exact) mass is 349 g/mol. The average molecular weight is 349 g/mol. The standard InChI is InChI=1S/C11H15N3O2.HI/c1-13-11(12)14-7-8-4-3-5-9(6-8)10(15)16-2;/h3-6H,7H2,1-2H3,(H3,12,13,14);1H. The second kappa shape index (κ2) is 7.88. The quantitative estimate of drug-likeness (QED) is 0.371. The summed E-state index contributed by atoms with van der Waals surface area (Å²) in [5.74, 6) is 0.0162. The third kappa shape index (κ3) is 5.03. The molecule has 0 heterocycles. The number of rotatable bonds is 3. The van der Waals surface area contributed by atoms with Crippen LogP contribution in [0.15, 0.2) is 29.3 Å². The fraction of sp³-hybridized carbons (Fsp3) is 0.273. The third-order valence-corrected chi connectivity index (χ3v) is 2.06. The van der Waals surface area contributed by atoms with E-state index >= 15 is 0 Å². The molecule has 0 aliphatic carbocycles. The Balaban J connectivity index is 0.00000256. The molecule has 0 amide bonds. The lowest BCUT2D eigenvalue weighted by atomic mass is 10.1. The summed E-state index contributed by atoms with van der Waals surface area (Å²) < 4.78 is 4.63. The second-order valence-corrected chi connectivity index (χ2v) is 3.15. The van der Waals surface area contributed by atoms with Crippen LogP contribution in [0.2, 0.25) is 0 Å². The number of carbonyl (C=O) groups excluding carboxylic acids is 1. The highest BCUT2D eigenvalue weighted by atomic mass is 127. The van der Waals surface area contributed by atoms with Gasteiger partial charge in [-0.2, -0.15) is 0 Å². The second-order valence-electron chi connectivity index (χ2n) is 3.15. The van der Waals surface area contributed by atoms with E-state index in [1.54, 1.807) is 25.2 Å². The molecule has 1 aromatic carbocycles. The van der Waals surface area contributed by atoms with Crippen molar-refractivity contribution in [3.63, 3.8) is 0 Å². The zero-order chi connectivity index (χ0) is 12.0. The molecule has 17 heavy (non-hydrogen) atoms. The van der Waals surface area contributed by atoms with Crippen molar-refractivity contribution in [3.05, 3.63) is 35.4 Å². The minimum atomic E-state index is -0.348. The summed E-state index contributed by atoms with van der Waals surface area (Å²) in [6, 6.07) is 7.14. The Morgan fingerprint density at radius 3 is 2.82 bits per heavy atom. The van der Waals surface area contributed by atoms with Crippen molar-refractivity contribution in [2.45, 2.75) is 6.54 Å². The van der Waals surface area contributed by atoms with Gasteiger partial charge in [0.2, 0.25) is 0 Å². The number of aliphatic imine (C=N–C) groups is 1. The van der Waals surface area contributed by atoms with Gasteiger partial charge in [0.1, 0.15) is 0 Å². The fourth-order valence-electron chi connectivity index (χ4n) is 1.20. The van der Waals surface area contributed by atoms with Crippen LogP contribution in [0.1, 0.15) is 15.9 Å². The van der Waals surface area contributed by atoms with Crippen molar-refractivity contribution in [2.24, 2.45) is 10.7 Å². The Labute approximate surface area is 117 Å². The van der Waals surface area contributed by atoms with E-state index in [9.17, 15) is 4.79 Å². The van der Waals surface area contributed by atoms with E-state index < -0.39 is 0 Å². The molecule has 3 N–H and O–H groups in total. The molecule has 0 radical (unpaired) electrons. The first-order valence-electron chi connectivity index (χ1n) is 4.80. The topological polar surface area (TPSA) is 76.7 Å². The largest absolute Gasteiger partial charge is 0.465 e. The molecule has 0 aliphatic heterocycles. The van der Waals surface area contributed by atoms with E-state index in [1.807, 2.05) is 6.07 Å². The number of esters is 1. The van der Waals surface area contributed by atoms with Crippen LogP contribution in [-0.2, 0) is 11.3 Å². The molecular formula is C11H16IN3O2. The van der Waals surface area contributed by atoms with Gasteiger partial charge in [0, 0.05) is 13.6 Å². The van der Waals surface area contributed by atoms with Crippen LogP contribution in [0.4, 0.5) is 0 Å². The van der Waals surface area contributed by atoms with Crippen LogP contribution in [0.3, 0.4) is 0 Å². The number of halogens is 1. The number of ether oxygens (including phenoxy) is 1. The molecule has 6 heteroatoms. The summed E-state index contributed by atoms with van der Waals surface area (Å²) in [6.07, 6.45) is 0. The molecule has 94 valence electrons. The van der Waals surface area contributed by atoms with Crippen LogP contribution >= 0.6 is 24.0 Å². The lowest BCUT2D eigenvalue weighted by Crippen LogP contribution is -2.30. The maximum absolute atomic E-state index is 11.3. The van der Waals surface area contributed by atoms with E-state index in [0.29, 0.717) is 18.1 Å². The summed E-state index contributed by atoms with van der Waals surface area (Å²) in [5, 5.41) is 2.91. The number of hydrogen-bond acceptors (Lipinski definition) is 3. The lowest BCUT2D eigenvalue weighted by Gasteiger charge is -2.06. The molecule has 0 atom stereocenters. The van der Waals surface area contributed by atoms with Crippen molar-refractivity contribution in [3.8, 4) is 0 Å². The summed E-state index contributed by atoms with van der Waals surface area (Å²) in [4.78, 5) is 15.0. The normalized spacial score (nSPS) is 10.4. The Hall–Kier alpha value is -1.31. The summed E-state index contributed by atoms with van der Waals surface area (Å²) in [5.41, 5.74) is 6.95. The first-order chi connectivity index (χ1) is 7.67.